The predicted molar refractivity (Wildman–Crippen MR) is 115 cm³/mol. The fraction of sp³-hybridized carbons (Fsp3) is 0.273. The van der Waals surface area contributed by atoms with Gasteiger partial charge in [-0.15, -0.1) is 0 Å². The number of aromatic nitrogens is 2. The molecule has 5 nitrogen and oxygen atoms in total. The average molecular weight is 429 g/mol. The molecule has 6 bridgehead atoms. The second kappa shape index (κ2) is 9.30. The zero-order chi connectivity index (χ0) is 20.9. The van der Waals surface area contributed by atoms with Gasteiger partial charge in [-0.25, -0.2) is 18.7 Å². The number of rotatable bonds is 2. The lowest BCUT2D eigenvalue weighted by Crippen LogP contribution is -2.06. The normalized spacial score (nSPS) is 13.7. The molecule has 2 heterocycles. The van der Waals surface area contributed by atoms with Crippen molar-refractivity contribution in [1.82, 2.24) is 9.97 Å². The number of nitrogens with one attached hydrogen (secondary N) is 1. The lowest BCUT2D eigenvalue weighted by atomic mass is 10.1. The van der Waals surface area contributed by atoms with Crippen LogP contribution in [0.2, 0.25) is 0 Å². The number of benzene rings is 2. The highest BCUT2D eigenvalue weighted by Crippen LogP contribution is 2.30. The van der Waals surface area contributed by atoms with Crippen LogP contribution in [0.5, 0.6) is 11.5 Å². The molecule has 1 aliphatic rings. The maximum Gasteiger partial charge on any atom is 0.227 e. The molecule has 0 spiro atoms. The van der Waals surface area contributed by atoms with Crippen LogP contribution in [-0.4, -0.2) is 29.4 Å². The molecule has 0 saturated heterocycles. The number of nitrogens with zero attached hydrogens (tertiary/aromatic N) is 2. The molecule has 0 atom stereocenters. The molecule has 1 aromatic heterocycles. The number of halogens is 2. The molecule has 0 aliphatic carbocycles. The van der Waals surface area contributed by atoms with Gasteiger partial charge in [0.05, 0.1) is 19.4 Å². The first-order chi connectivity index (χ1) is 14.6. The number of hydrogen-bond acceptors (Lipinski definition) is 6. The summed E-state index contributed by atoms with van der Waals surface area (Å²) in [6.07, 6.45) is 4.59. The first-order valence-corrected chi connectivity index (χ1v) is 11.0. The SMILES string of the molecule is CSCc1cc2cc(c1)OCCCCOc1cc(ccc1F)-c1nc(ncc1F)N2. The minimum absolute atomic E-state index is 0.0694. The van der Waals surface area contributed by atoms with Crippen LogP contribution < -0.4 is 14.8 Å². The van der Waals surface area contributed by atoms with E-state index in [-0.39, 0.29) is 17.4 Å². The van der Waals surface area contributed by atoms with Crippen molar-refractivity contribution in [2.75, 3.05) is 24.8 Å². The predicted octanol–water partition coefficient (Wildman–Crippen LogP) is 5.58. The standard InChI is InChI=1S/C22H21F2N3O2S/c1-30-13-14-8-16-11-17(9-14)28-6-2-3-7-29-20-10-15(4-5-18(20)23)21-19(24)12-25-22(26-16)27-21/h4-5,8-12H,2-3,6-7,13H2,1H3,(H,25,26,27). The summed E-state index contributed by atoms with van der Waals surface area (Å²) in [5.74, 6) is 0.765. The van der Waals surface area contributed by atoms with Crippen molar-refractivity contribution in [3.05, 3.63) is 59.8 Å². The van der Waals surface area contributed by atoms with Gasteiger partial charge in [-0.3, -0.25) is 0 Å². The van der Waals surface area contributed by atoms with Gasteiger partial charge in [0.25, 0.3) is 0 Å². The van der Waals surface area contributed by atoms with E-state index in [1.165, 1.54) is 18.2 Å². The molecule has 1 aliphatic heterocycles. The summed E-state index contributed by atoms with van der Waals surface area (Å²) in [4.78, 5) is 8.36. The fourth-order valence-electron chi connectivity index (χ4n) is 3.16. The summed E-state index contributed by atoms with van der Waals surface area (Å²) in [7, 11) is 0. The highest BCUT2D eigenvalue weighted by atomic mass is 32.2. The zero-order valence-electron chi connectivity index (χ0n) is 16.5. The second-order valence-corrected chi connectivity index (χ2v) is 7.73. The third-order valence-corrected chi connectivity index (χ3v) is 5.17. The summed E-state index contributed by atoms with van der Waals surface area (Å²) >= 11 is 1.71. The summed E-state index contributed by atoms with van der Waals surface area (Å²) in [5.41, 5.74) is 2.34. The van der Waals surface area contributed by atoms with Crippen molar-refractivity contribution in [2.45, 2.75) is 18.6 Å². The number of anilines is 2. The van der Waals surface area contributed by atoms with Crippen molar-refractivity contribution in [3.63, 3.8) is 0 Å². The Balaban J connectivity index is 1.76. The number of fused-ring (bicyclic) bond motifs is 7. The van der Waals surface area contributed by atoms with E-state index in [1.54, 1.807) is 11.8 Å². The number of hydrogen-bond donors (Lipinski definition) is 1. The van der Waals surface area contributed by atoms with Crippen LogP contribution in [0.1, 0.15) is 18.4 Å². The van der Waals surface area contributed by atoms with Crippen LogP contribution in [0.15, 0.2) is 42.6 Å². The highest BCUT2D eigenvalue weighted by molar-refractivity contribution is 7.97. The van der Waals surface area contributed by atoms with Gasteiger partial charge < -0.3 is 14.8 Å². The Kier molecular flexibility index (Phi) is 6.32. The minimum Gasteiger partial charge on any atom is -0.494 e. The van der Waals surface area contributed by atoms with Crippen molar-refractivity contribution in [2.24, 2.45) is 0 Å². The zero-order valence-corrected chi connectivity index (χ0v) is 17.3. The van der Waals surface area contributed by atoms with Gasteiger partial charge in [0, 0.05) is 23.1 Å². The Hall–Kier alpha value is -2.87. The summed E-state index contributed by atoms with van der Waals surface area (Å²) in [6.45, 7) is 0.853. The third-order valence-electron chi connectivity index (χ3n) is 4.55. The smallest absolute Gasteiger partial charge is 0.227 e. The van der Waals surface area contributed by atoms with E-state index < -0.39 is 11.6 Å². The first kappa shape index (κ1) is 20.4. The molecular weight excluding hydrogens is 408 g/mol. The topological polar surface area (TPSA) is 56.3 Å². The molecule has 0 radical (unpaired) electrons. The van der Waals surface area contributed by atoms with Gasteiger partial charge >= 0.3 is 0 Å². The lowest BCUT2D eigenvalue weighted by molar-refractivity contribution is 0.260. The monoisotopic (exact) mass is 429 g/mol. The van der Waals surface area contributed by atoms with Gasteiger partial charge in [0.1, 0.15) is 11.4 Å². The Morgan fingerprint density at radius 2 is 1.87 bits per heavy atom. The van der Waals surface area contributed by atoms with Gasteiger partial charge in [-0.1, -0.05) is 0 Å². The van der Waals surface area contributed by atoms with E-state index in [1.807, 2.05) is 24.5 Å². The minimum atomic E-state index is -0.598. The molecule has 0 unspecified atom stereocenters. The molecule has 0 fully saturated rings. The van der Waals surface area contributed by atoms with Crippen LogP contribution >= 0.6 is 11.8 Å². The van der Waals surface area contributed by atoms with Crippen molar-refractivity contribution >= 4 is 23.4 Å². The van der Waals surface area contributed by atoms with Crippen LogP contribution in [-0.2, 0) is 5.75 Å². The van der Waals surface area contributed by atoms with E-state index in [0.717, 1.165) is 35.4 Å². The van der Waals surface area contributed by atoms with Gasteiger partial charge in [-0.2, -0.15) is 11.8 Å². The van der Waals surface area contributed by atoms with E-state index >= 15 is 0 Å². The largest absolute Gasteiger partial charge is 0.494 e. The molecule has 1 N–H and O–H groups in total. The highest BCUT2D eigenvalue weighted by Gasteiger charge is 2.14. The maximum absolute atomic E-state index is 14.5. The number of thioether (sulfide) groups is 1. The van der Waals surface area contributed by atoms with Gasteiger partial charge in [0.15, 0.2) is 17.4 Å². The van der Waals surface area contributed by atoms with E-state index in [2.05, 4.69) is 15.3 Å². The van der Waals surface area contributed by atoms with Crippen LogP contribution in [0.4, 0.5) is 20.4 Å². The van der Waals surface area contributed by atoms with Crippen LogP contribution in [0.25, 0.3) is 11.3 Å². The Labute approximate surface area is 177 Å². The molecule has 2 aromatic carbocycles. The van der Waals surface area contributed by atoms with Crippen molar-refractivity contribution in [1.29, 1.82) is 0 Å². The average Bonchev–Trinajstić information content (AvgIpc) is 2.73. The van der Waals surface area contributed by atoms with Crippen LogP contribution in [0.3, 0.4) is 0 Å². The summed E-state index contributed by atoms with van der Waals surface area (Å²) in [5, 5.41) is 3.13. The molecule has 4 rings (SSSR count). The van der Waals surface area contributed by atoms with E-state index in [9.17, 15) is 8.78 Å². The second-order valence-electron chi connectivity index (χ2n) is 6.86. The lowest BCUT2D eigenvalue weighted by Gasteiger charge is -2.14. The van der Waals surface area contributed by atoms with Crippen molar-refractivity contribution in [3.8, 4) is 22.8 Å². The molecule has 156 valence electrons. The first-order valence-electron chi connectivity index (χ1n) is 9.60. The maximum atomic E-state index is 14.5. The van der Waals surface area contributed by atoms with E-state index in [0.29, 0.717) is 25.2 Å². The Morgan fingerprint density at radius 1 is 1.03 bits per heavy atom. The molecule has 3 aromatic rings. The third kappa shape index (κ3) is 4.81. The Bertz CT molecular complexity index is 1050. The van der Waals surface area contributed by atoms with Crippen molar-refractivity contribution < 1.29 is 18.3 Å². The van der Waals surface area contributed by atoms with E-state index in [4.69, 9.17) is 9.47 Å². The molecule has 0 saturated carbocycles. The molecule has 0 amide bonds. The Morgan fingerprint density at radius 3 is 2.70 bits per heavy atom. The van der Waals surface area contributed by atoms with Gasteiger partial charge in [0.2, 0.25) is 5.95 Å². The molecular formula is C22H21F2N3O2S. The summed E-state index contributed by atoms with van der Waals surface area (Å²) < 4.78 is 40.0. The number of ether oxygens (including phenoxy) is 2. The van der Waals surface area contributed by atoms with Crippen LogP contribution in [0, 0.1) is 11.6 Å². The quantitative estimate of drug-likeness (QED) is 0.574. The fourth-order valence-corrected chi connectivity index (χ4v) is 3.66. The summed E-state index contributed by atoms with van der Waals surface area (Å²) in [6, 6.07) is 10.1. The molecule has 8 heteroatoms. The molecule has 30 heavy (non-hydrogen) atoms. The van der Waals surface area contributed by atoms with Gasteiger partial charge in [-0.05, 0) is 55.0 Å².